The van der Waals surface area contributed by atoms with E-state index < -0.39 is 0 Å². The number of aromatic nitrogens is 1. The topological polar surface area (TPSA) is 19.4 Å². The Hall–Kier alpha value is -0.610. The van der Waals surface area contributed by atoms with Crippen molar-refractivity contribution in [2.45, 2.75) is 18.5 Å². The molecule has 0 aromatic carbocycles. The first-order valence-corrected chi connectivity index (χ1v) is 6.12. The Kier molecular flexibility index (Phi) is 2.21. The van der Waals surface area contributed by atoms with Crippen LogP contribution in [0, 0.1) is 0 Å². The van der Waals surface area contributed by atoms with E-state index in [0.29, 0.717) is 0 Å². The normalized spacial score (nSPS) is 30.1. The van der Waals surface area contributed by atoms with Gasteiger partial charge >= 0.3 is 0 Å². The van der Waals surface area contributed by atoms with Gasteiger partial charge in [0.2, 0.25) is 0 Å². The molecule has 0 radical (unpaired) electrons. The number of hydrogen-bond acceptors (Lipinski definition) is 3. The number of fused-ring (bicyclic) bond motifs is 2. The molecule has 0 saturated carbocycles. The summed E-state index contributed by atoms with van der Waals surface area (Å²) in [6, 6.07) is 5.64. The van der Waals surface area contributed by atoms with Crippen molar-refractivity contribution >= 4 is 21.7 Å². The van der Waals surface area contributed by atoms with Crippen molar-refractivity contribution < 1.29 is 0 Å². The number of piperazine rings is 1. The average Bonchev–Trinajstić information content (AvgIpc) is 2.29. The zero-order chi connectivity index (χ0) is 10.4. The van der Waals surface area contributed by atoms with Gasteiger partial charge in [0.15, 0.2) is 0 Å². The van der Waals surface area contributed by atoms with E-state index in [4.69, 9.17) is 0 Å². The Labute approximate surface area is 98.2 Å². The van der Waals surface area contributed by atoms with E-state index in [0.717, 1.165) is 35.5 Å². The first-order chi connectivity index (χ1) is 7.24. The number of piperidine rings is 1. The summed E-state index contributed by atoms with van der Waals surface area (Å²) in [4.78, 5) is 9.32. The fraction of sp³-hybridized carbons (Fsp3) is 0.545. The lowest BCUT2D eigenvalue weighted by atomic mass is 9.88. The van der Waals surface area contributed by atoms with Gasteiger partial charge in [-0.25, -0.2) is 4.98 Å². The highest BCUT2D eigenvalue weighted by atomic mass is 79.9. The number of hydrogen-bond donors (Lipinski definition) is 0. The Morgan fingerprint density at radius 2 is 2.07 bits per heavy atom. The molecule has 3 aliphatic rings. The van der Waals surface area contributed by atoms with Crippen LogP contribution in [0.1, 0.15) is 6.42 Å². The molecule has 2 unspecified atom stereocenters. The van der Waals surface area contributed by atoms with Crippen LogP contribution in [-0.4, -0.2) is 42.1 Å². The molecule has 0 aliphatic carbocycles. The maximum Gasteiger partial charge on any atom is 0.128 e. The number of pyridine rings is 1. The minimum atomic E-state index is 0.745. The van der Waals surface area contributed by atoms with Crippen molar-refractivity contribution in [3.8, 4) is 0 Å². The maximum absolute atomic E-state index is 4.44. The van der Waals surface area contributed by atoms with Crippen molar-refractivity contribution in [2.24, 2.45) is 0 Å². The van der Waals surface area contributed by atoms with Gasteiger partial charge in [-0.05, 0) is 41.5 Å². The van der Waals surface area contributed by atoms with Crippen LogP contribution in [0.4, 0.5) is 5.82 Å². The highest BCUT2D eigenvalue weighted by molar-refractivity contribution is 9.10. The fourth-order valence-electron chi connectivity index (χ4n) is 2.54. The molecule has 2 atom stereocenters. The van der Waals surface area contributed by atoms with Crippen molar-refractivity contribution in [3.63, 3.8) is 0 Å². The third kappa shape index (κ3) is 1.56. The summed E-state index contributed by atoms with van der Waals surface area (Å²) in [6.45, 7) is 2.25. The van der Waals surface area contributed by atoms with E-state index in [1.54, 1.807) is 0 Å². The lowest BCUT2D eigenvalue weighted by molar-refractivity contribution is 0.0261. The van der Waals surface area contributed by atoms with Crippen molar-refractivity contribution in [3.05, 3.63) is 22.8 Å². The summed E-state index contributed by atoms with van der Waals surface area (Å²) in [5.41, 5.74) is 0. The quantitative estimate of drug-likeness (QED) is 0.773. The minimum Gasteiger partial charge on any atom is -0.353 e. The first kappa shape index (κ1) is 9.60. The lowest BCUT2D eigenvalue weighted by Gasteiger charge is -2.55. The summed E-state index contributed by atoms with van der Waals surface area (Å²) in [7, 11) is 2.23. The fourth-order valence-corrected chi connectivity index (χ4v) is 2.77. The summed E-state index contributed by atoms with van der Waals surface area (Å²) in [5.74, 6) is 1.11. The molecule has 3 fully saturated rings. The van der Waals surface area contributed by atoms with E-state index in [1.165, 1.54) is 6.42 Å². The molecule has 4 heteroatoms. The van der Waals surface area contributed by atoms with E-state index in [2.05, 4.69) is 49.9 Å². The second kappa shape index (κ2) is 3.46. The van der Waals surface area contributed by atoms with E-state index >= 15 is 0 Å². The Morgan fingerprint density at radius 3 is 2.60 bits per heavy atom. The van der Waals surface area contributed by atoms with Crippen molar-refractivity contribution in [1.29, 1.82) is 0 Å². The van der Waals surface area contributed by atoms with Crippen LogP contribution in [0.3, 0.4) is 0 Å². The van der Waals surface area contributed by atoms with Crippen LogP contribution >= 0.6 is 15.9 Å². The molecule has 3 aliphatic heterocycles. The molecule has 4 rings (SSSR count). The van der Waals surface area contributed by atoms with Gasteiger partial charge in [0.1, 0.15) is 5.82 Å². The number of nitrogens with zero attached hydrogens (tertiary/aromatic N) is 3. The number of likely N-dealkylation sites (N-methyl/N-ethyl adjacent to an activating group) is 1. The highest BCUT2D eigenvalue weighted by Gasteiger charge is 2.42. The molecule has 0 N–H and O–H groups in total. The Balaban J connectivity index is 1.77. The van der Waals surface area contributed by atoms with Gasteiger partial charge in [-0.2, -0.15) is 0 Å². The molecule has 4 heterocycles. The molecule has 2 bridgehead atoms. The molecule has 0 spiro atoms. The SMILES string of the molecule is CN1C2CC1CN(c1ccc(Br)cn1)C2. The average molecular weight is 268 g/mol. The Morgan fingerprint density at radius 1 is 1.33 bits per heavy atom. The molecular formula is C11H14BrN3. The predicted octanol–water partition coefficient (Wildman–Crippen LogP) is 1.74. The maximum atomic E-state index is 4.44. The molecular weight excluding hydrogens is 254 g/mol. The molecule has 3 nitrogen and oxygen atoms in total. The van der Waals surface area contributed by atoms with Gasteiger partial charge in [-0.15, -0.1) is 0 Å². The third-order valence-electron chi connectivity index (χ3n) is 3.59. The number of anilines is 1. The smallest absolute Gasteiger partial charge is 0.128 e. The number of halogens is 1. The predicted molar refractivity (Wildman–Crippen MR) is 64.1 cm³/mol. The van der Waals surface area contributed by atoms with Gasteiger partial charge in [0, 0.05) is 35.8 Å². The van der Waals surface area contributed by atoms with Gasteiger partial charge < -0.3 is 4.90 Å². The standard InChI is InChI=1S/C11H14BrN3/c1-14-9-4-10(14)7-15(6-9)11-3-2-8(12)5-13-11/h2-3,5,9-10H,4,6-7H2,1H3. The van der Waals surface area contributed by atoms with Gasteiger partial charge in [-0.3, -0.25) is 4.90 Å². The summed E-state index contributed by atoms with van der Waals surface area (Å²) in [6.07, 6.45) is 3.24. The van der Waals surface area contributed by atoms with Crippen LogP contribution in [0.25, 0.3) is 0 Å². The van der Waals surface area contributed by atoms with Crippen LogP contribution in [0.5, 0.6) is 0 Å². The zero-order valence-electron chi connectivity index (χ0n) is 8.73. The van der Waals surface area contributed by atoms with Gasteiger partial charge in [0.05, 0.1) is 0 Å². The highest BCUT2D eigenvalue weighted by Crippen LogP contribution is 2.32. The zero-order valence-corrected chi connectivity index (χ0v) is 10.3. The molecule has 80 valence electrons. The van der Waals surface area contributed by atoms with Gasteiger partial charge in [0.25, 0.3) is 0 Å². The third-order valence-corrected chi connectivity index (χ3v) is 4.06. The molecule has 1 aromatic heterocycles. The second-order valence-electron chi connectivity index (χ2n) is 4.45. The van der Waals surface area contributed by atoms with Crippen molar-refractivity contribution in [1.82, 2.24) is 9.88 Å². The van der Waals surface area contributed by atoms with Gasteiger partial charge in [-0.1, -0.05) is 0 Å². The molecule has 15 heavy (non-hydrogen) atoms. The van der Waals surface area contributed by atoms with E-state index in [-0.39, 0.29) is 0 Å². The molecule has 0 amide bonds. The van der Waals surface area contributed by atoms with Crippen LogP contribution in [0.15, 0.2) is 22.8 Å². The second-order valence-corrected chi connectivity index (χ2v) is 5.36. The summed E-state index contributed by atoms with van der Waals surface area (Å²) >= 11 is 3.41. The summed E-state index contributed by atoms with van der Waals surface area (Å²) < 4.78 is 1.05. The van der Waals surface area contributed by atoms with Crippen LogP contribution in [-0.2, 0) is 0 Å². The van der Waals surface area contributed by atoms with E-state index in [1.807, 2.05) is 6.20 Å². The monoisotopic (exact) mass is 267 g/mol. The Bertz CT molecular complexity index is 353. The first-order valence-electron chi connectivity index (χ1n) is 5.32. The van der Waals surface area contributed by atoms with Crippen LogP contribution < -0.4 is 4.90 Å². The largest absolute Gasteiger partial charge is 0.353 e. The van der Waals surface area contributed by atoms with Crippen LogP contribution in [0.2, 0.25) is 0 Å². The van der Waals surface area contributed by atoms with E-state index in [9.17, 15) is 0 Å². The minimum absolute atomic E-state index is 0.745. The molecule has 3 saturated heterocycles. The number of rotatable bonds is 1. The summed E-state index contributed by atoms with van der Waals surface area (Å²) in [5, 5.41) is 0. The molecule has 1 aromatic rings. The lowest BCUT2D eigenvalue weighted by Crippen LogP contribution is -2.67. The van der Waals surface area contributed by atoms with Crippen molar-refractivity contribution in [2.75, 3.05) is 25.0 Å².